The first-order chi connectivity index (χ1) is 19.2. The van der Waals surface area contributed by atoms with Gasteiger partial charge in [-0.25, -0.2) is 4.79 Å². The standard InChI is InChI=1S/C30H32N4O6/c1-19(35)31-24(13-14-29(37)38)21-8-10-23(11-9-21)32-28(36)18-20-7-12-25(27(17-20)40-2)33-30(39)34-16-15-22-5-3-4-6-26(22)34/h3-12,17,24H,13-16,18H2,1-2H3,(H,31,35)(H,32,36)(H,33,39)(H,37,38). The van der Waals surface area contributed by atoms with Crippen molar-refractivity contribution in [2.24, 2.45) is 0 Å². The van der Waals surface area contributed by atoms with Crippen LogP contribution in [0, 0.1) is 0 Å². The molecule has 1 atom stereocenters. The second-order valence-electron chi connectivity index (χ2n) is 9.53. The molecule has 10 heteroatoms. The zero-order valence-corrected chi connectivity index (χ0v) is 22.4. The Morgan fingerprint density at radius 1 is 1.00 bits per heavy atom. The highest BCUT2D eigenvalue weighted by molar-refractivity contribution is 6.04. The highest BCUT2D eigenvalue weighted by atomic mass is 16.5. The number of amides is 4. The number of aliphatic carboxylic acids is 1. The average Bonchev–Trinajstić information content (AvgIpc) is 3.36. The van der Waals surface area contributed by atoms with Gasteiger partial charge in [-0.2, -0.15) is 0 Å². The van der Waals surface area contributed by atoms with Gasteiger partial charge in [0.25, 0.3) is 0 Å². The van der Waals surface area contributed by atoms with Crippen molar-refractivity contribution in [1.82, 2.24) is 5.32 Å². The van der Waals surface area contributed by atoms with E-state index in [1.807, 2.05) is 24.3 Å². The maximum absolute atomic E-state index is 12.9. The van der Waals surface area contributed by atoms with Gasteiger partial charge in [0.1, 0.15) is 5.75 Å². The van der Waals surface area contributed by atoms with E-state index in [0.717, 1.165) is 23.2 Å². The summed E-state index contributed by atoms with van der Waals surface area (Å²) in [5, 5.41) is 17.5. The first-order valence-corrected chi connectivity index (χ1v) is 13.0. The highest BCUT2D eigenvalue weighted by Gasteiger charge is 2.25. The summed E-state index contributed by atoms with van der Waals surface area (Å²) in [6, 6.07) is 19.2. The third-order valence-electron chi connectivity index (χ3n) is 6.63. The number of nitrogens with one attached hydrogen (secondary N) is 3. The molecular formula is C30H32N4O6. The first-order valence-electron chi connectivity index (χ1n) is 13.0. The van der Waals surface area contributed by atoms with Crippen LogP contribution in [-0.4, -0.2) is 42.6 Å². The molecule has 1 aliphatic heterocycles. The second kappa shape index (κ2) is 12.8. The molecule has 0 radical (unpaired) electrons. The zero-order valence-electron chi connectivity index (χ0n) is 22.4. The number of carboxylic acids is 1. The predicted molar refractivity (Wildman–Crippen MR) is 152 cm³/mol. The van der Waals surface area contributed by atoms with Crippen LogP contribution in [0.2, 0.25) is 0 Å². The minimum atomic E-state index is -0.941. The molecule has 40 heavy (non-hydrogen) atoms. The summed E-state index contributed by atoms with van der Waals surface area (Å²) in [5.74, 6) is -0.996. The van der Waals surface area contributed by atoms with Crippen LogP contribution in [-0.2, 0) is 27.2 Å². The van der Waals surface area contributed by atoms with Crippen LogP contribution in [0.4, 0.5) is 21.9 Å². The number of methoxy groups -OCH3 is 1. The van der Waals surface area contributed by atoms with Crippen molar-refractivity contribution in [3.63, 3.8) is 0 Å². The van der Waals surface area contributed by atoms with Crippen molar-refractivity contribution in [2.75, 3.05) is 29.2 Å². The monoisotopic (exact) mass is 544 g/mol. The maximum Gasteiger partial charge on any atom is 0.326 e. The zero-order chi connectivity index (χ0) is 28.6. The Morgan fingerprint density at radius 2 is 1.75 bits per heavy atom. The van der Waals surface area contributed by atoms with Crippen LogP contribution in [0.3, 0.4) is 0 Å². The number of urea groups is 1. The van der Waals surface area contributed by atoms with E-state index >= 15 is 0 Å². The van der Waals surface area contributed by atoms with Gasteiger partial charge in [0.15, 0.2) is 0 Å². The van der Waals surface area contributed by atoms with Crippen LogP contribution in [0.1, 0.15) is 42.5 Å². The molecule has 0 fully saturated rings. The Labute approximate surface area is 232 Å². The molecule has 1 unspecified atom stereocenters. The lowest BCUT2D eigenvalue weighted by molar-refractivity contribution is -0.137. The summed E-state index contributed by atoms with van der Waals surface area (Å²) in [5.41, 5.74) is 4.55. The average molecular weight is 545 g/mol. The van der Waals surface area contributed by atoms with E-state index in [9.17, 15) is 19.2 Å². The lowest BCUT2D eigenvalue weighted by Gasteiger charge is -2.19. The molecule has 0 saturated heterocycles. The molecule has 4 rings (SSSR count). The van der Waals surface area contributed by atoms with E-state index < -0.39 is 12.0 Å². The van der Waals surface area contributed by atoms with Gasteiger partial charge in [0.2, 0.25) is 11.8 Å². The van der Waals surface area contributed by atoms with Crippen molar-refractivity contribution in [1.29, 1.82) is 0 Å². The predicted octanol–water partition coefficient (Wildman–Crippen LogP) is 4.51. The van der Waals surface area contributed by atoms with Gasteiger partial charge in [-0.3, -0.25) is 19.3 Å². The van der Waals surface area contributed by atoms with E-state index in [4.69, 9.17) is 9.84 Å². The largest absolute Gasteiger partial charge is 0.495 e. The number of carbonyl (C=O) groups excluding carboxylic acids is 3. The van der Waals surface area contributed by atoms with Gasteiger partial charge in [-0.1, -0.05) is 36.4 Å². The molecule has 4 amide bonds. The number of carbonyl (C=O) groups is 4. The molecule has 208 valence electrons. The third kappa shape index (κ3) is 7.16. The minimum Gasteiger partial charge on any atom is -0.495 e. The smallest absolute Gasteiger partial charge is 0.326 e. The Morgan fingerprint density at radius 3 is 2.45 bits per heavy atom. The summed E-state index contributed by atoms with van der Waals surface area (Å²) in [4.78, 5) is 49.9. The molecule has 4 N–H and O–H groups in total. The van der Waals surface area contributed by atoms with E-state index in [1.54, 1.807) is 47.4 Å². The number of benzene rings is 3. The van der Waals surface area contributed by atoms with Gasteiger partial charge in [0, 0.05) is 31.3 Å². The normalized spacial score (nSPS) is 12.7. The van der Waals surface area contributed by atoms with Crippen LogP contribution in [0.5, 0.6) is 5.75 Å². The minimum absolute atomic E-state index is 0.0818. The van der Waals surface area contributed by atoms with Crippen molar-refractivity contribution in [2.45, 2.75) is 38.6 Å². The van der Waals surface area contributed by atoms with Crippen LogP contribution in [0.25, 0.3) is 0 Å². The Bertz CT molecular complexity index is 1410. The number of carboxylic acid groups (broad SMARTS) is 1. The van der Waals surface area contributed by atoms with Gasteiger partial charge in [-0.15, -0.1) is 0 Å². The maximum atomic E-state index is 12.9. The van der Waals surface area contributed by atoms with Crippen LogP contribution < -0.4 is 25.6 Å². The summed E-state index contributed by atoms with van der Waals surface area (Å²) in [6.45, 7) is 1.98. The molecule has 3 aromatic rings. The van der Waals surface area contributed by atoms with E-state index in [0.29, 0.717) is 29.2 Å². The van der Waals surface area contributed by atoms with Crippen molar-refractivity contribution in [3.05, 3.63) is 83.4 Å². The Balaban J connectivity index is 1.36. The van der Waals surface area contributed by atoms with E-state index in [-0.39, 0.29) is 37.1 Å². The molecule has 0 saturated carbocycles. The second-order valence-corrected chi connectivity index (χ2v) is 9.53. The van der Waals surface area contributed by atoms with Crippen molar-refractivity contribution in [3.8, 4) is 5.75 Å². The SMILES string of the molecule is COc1cc(CC(=O)Nc2ccc(C(CCC(=O)O)NC(C)=O)cc2)ccc1NC(=O)N1CCc2ccccc21. The molecule has 3 aromatic carbocycles. The Kier molecular flexibility index (Phi) is 9.00. The summed E-state index contributed by atoms with van der Waals surface area (Å²) in [6.07, 6.45) is 1.06. The van der Waals surface area contributed by atoms with Crippen molar-refractivity contribution >= 4 is 40.9 Å². The fraction of sp³-hybridized carbons (Fsp3) is 0.267. The number of rotatable bonds is 10. The summed E-state index contributed by atoms with van der Waals surface area (Å²) >= 11 is 0. The highest BCUT2D eigenvalue weighted by Crippen LogP contribution is 2.30. The van der Waals surface area contributed by atoms with Gasteiger partial charge in [-0.05, 0) is 59.9 Å². The molecule has 0 spiro atoms. The molecule has 1 aliphatic rings. The number of ether oxygens (including phenoxy) is 1. The number of hydrogen-bond donors (Lipinski definition) is 4. The number of anilines is 3. The molecule has 0 bridgehead atoms. The molecule has 10 nitrogen and oxygen atoms in total. The van der Waals surface area contributed by atoms with Crippen LogP contribution in [0.15, 0.2) is 66.7 Å². The quantitative estimate of drug-likeness (QED) is 0.296. The summed E-state index contributed by atoms with van der Waals surface area (Å²) < 4.78 is 5.48. The topological polar surface area (TPSA) is 137 Å². The van der Waals surface area contributed by atoms with Gasteiger partial charge in [0.05, 0.1) is 25.3 Å². The lowest BCUT2D eigenvalue weighted by Crippen LogP contribution is -2.33. The fourth-order valence-corrected chi connectivity index (χ4v) is 4.71. The molecule has 0 aromatic heterocycles. The number of para-hydroxylation sites is 1. The third-order valence-corrected chi connectivity index (χ3v) is 6.63. The number of hydrogen-bond acceptors (Lipinski definition) is 5. The molecular weight excluding hydrogens is 512 g/mol. The van der Waals surface area contributed by atoms with Gasteiger partial charge < -0.3 is 25.8 Å². The first kappa shape index (κ1) is 28.2. The van der Waals surface area contributed by atoms with Gasteiger partial charge >= 0.3 is 12.0 Å². The summed E-state index contributed by atoms with van der Waals surface area (Å²) in [7, 11) is 1.51. The molecule has 0 aliphatic carbocycles. The molecule has 1 heterocycles. The Hall–Kier alpha value is -4.86. The van der Waals surface area contributed by atoms with Crippen LogP contribution >= 0.6 is 0 Å². The van der Waals surface area contributed by atoms with Crippen molar-refractivity contribution < 1.29 is 29.0 Å². The van der Waals surface area contributed by atoms with E-state index in [2.05, 4.69) is 16.0 Å². The number of fused-ring (bicyclic) bond motifs is 1. The van der Waals surface area contributed by atoms with E-state index in [1.165, 1.54) is 14.0 Å². The lowest BCUT2D eigenvalue weighted by atomic mass is 10.0. The number of nitrogens with zero attached hydrogens (tertiary/aromatic N) is 1. The fourth-order valence-electron chi connectivity index (χ4n) is 4.71.